The molecule has 1 saturated heterocycles. The van der Waals surface area contributed by atoms with Gasteiger partial charge >= 0.3 is 0 Å². The molecule has 0 aromatic carbocycles. The zero-order chi connectivity index (χ0) is 19.8. The standard InChI is InChI=1S/C20H27N5O3/c1-2-3-10-22-20(27)16-5-4-13-25(14-16)18(26)7-6-17-23-19(24-28-17)15-8-11-21-12-9-15/h8-9,11-12,16H,2-7,10,13-14H2,1H3,(H,22,27). The van der Waals surface area contributed by atoms with Crippen molar-refractivity contribution >= 4 is 11.8 Å². The van der Waals surface area contributed by atoms with E-state index in [9.17, 15) is 9.59 Å². The summed E-state index contributed by atoms with van der Waals surface area (Å²) in [5.74, 6) is 0.897. The smallest absolute Gasteiger partial charge is 0.227 e. The third kappa shape index (κ3) is 5.37. The highest BCUT2D eigenvalue weighted by atomic mass is 16.5. The lowest BCUT2D eigenvalue weighted by Gasteiger charge is -2.32. The summed E-state index contributed by atoms with van der Waals surface area (Å²) in [5, 5.41) is 6.93. The molecule has 1 aliphatic rings. The largest absolute Gasteiger partial charge is 0.356 e. The molecule has 0 spiro atoms. The minimum atomic E-state index is -0.115. The van der Waals surface area contributed by atoms with Gasteiger partial charge in [0.2, 0.25) is 23.5 Å². The van der Waals surface area contributed by atoms with Crippen LogP contribution in [0.25, 0.3) is 11.4 Å². The third-order valence-corrected chi connectivity index (χ3v) is 4.93. The number of aromatic nitrogens is 3. The highest BCUT2D eigenvalue weighted by Crippen LogP contribution is 2.19. The molecule has 0 bridgehead atoms. The van der Waals surface area contributed by atoms with Crippen molar-refractivity contribution in [2.45, 2.75) is 45.4 Å². The van der Waals surface area contributed by atoms with Crippen molar-refractivity contribution in [2.75, 3.05) is 19.6 Å². The number of piperidine rings is 1. The first-order chi connectivity index (χ1) is 13.7. The summed E-state index contributed by atoms with van der Waals surface area (Å²) in [6.45, 7) is 3.99. The van der Waals surface area contributed by atoms with E-state index in [4.69, 9.17) is 4.52 Å². The number of nitrogens with one attached hydrogen (secondary N) is 1. The monoisotopic (exact) mass is 385 g/mol. The van der Waals surface area contributed by atoms with Crippen LogP contribution in [-0.2, 0) is 16.0 Å². The normalized spacial score (nSPS) is 16.8. The quantitative estimate of drug-likeness (QED) is 0.699. The van der Waals surface area contributed by atoms with E-state index in [0.717, 1.165) is 31.2 Å². The maximum Gasteiger partial charge on any atom is 0.227 e. The van der Waals surface area contributed by atoms with Gasteiger partial charge in [0.05, 0.1) is 5.92 Å². The fraction of sp³-hybridized carbons (Fsp3) is 0.550. The molecule has 1 aliphatic heterocycles. The van der Waals surface area contributed by atoms with E-state index in [2.05, 4.69) is 27.4 Å². The Bertz CT molecular complexity index is 777. The fourth-order valence-corrected chi connectivity index (χ4v) is 3.30. The first-order valence-electron chi connectivity index (χ1n) is 9.96. The van der Waals surface area contributed by atoms with E-state index in [0.29, 0.717) is 44.2 Å². The SMILES string of the molecule is CCCCNC(=O)C1CCCN(C(=O)CCc2nc(-c3ccncc3)no2)C1. The number of amides is 2. The Morgan fingerprint density at radius 2 is 2.14 bits per heavy atom. The molecule has 8 heteroatoms. The van der Waals surface area contributed by atoms with Gasteiger partial charge < -0.3 is 14.7 Å². The number of hydrogen-bond acceptors (Lipinski definition) is 6. The van der Waals surface area contributed by atoms with Gasteiger partial charge in [-0.2, -0.15) is 4.98 Å². The van der Waals surface area contributed by atoms with Crippen molar-refractivity contribution in [3.63, 3.8) is 0 Å². The van der Waals surface area contributed by atoms with Gasteiger partial charge in [0, 0.05) is 50.4 Å². The summed E-state index contributed by atoms with van der Waals surface area (Å²) in [5.41, 5.74) is 0.823. The third-order valence-electron chi connectivity index (χ3n) is 4.93. The van der Waals surface area contributed by atoms with E-state index in [1.54, 1.807) is 29.4 Å². The van der Waals surface area contributed by atoms with Crippen LogP contribution in [0.1, 0.15) is 44.9 Å². The average Bonchev–Trinajstić information content (AvgIpc) is 3.22. The van der Waals surface area contributed by atoms with Gasteiger partial charge in [0.1, 0.15) is 0 Å². The number of rotatable bonds is 8. The molecule has 150 valence electrons. The molecule has 2 aromatic rings. The Morgan fingerprint density at radius 3 is 2.93 bits per heavy atom. The molecule has 28 heavy (non-hydrogen) atoms. The molecule has 1 N–H and O–H groups in total. The van der Waals surface area contributed by atoms with Crippen molar-refractivity contribution in [3.05, 3.63) is 30.4 Å². The zero-order valence-electron chi connectivity index (χ0n) is 16.3. The van der Waals surface area contributed by atoms with E-state index < -0.39 is 0 Å². The number of nitrogens with zero attached hydrogens (tertiary/aromatic N) is 4. The highest BCUT2D eigenvalue weighted by molar-refractivity contribution is 5.81. The number of likely N-dealkylation sites (tertiary alicyclic amines) is 1. The molecule has 1 unspecified atom stereocenters. The summed E-state index contributed by atoms with van der Waals surface area (Å²) in [6.07, 6.45) is 7.73. The minimum absolute atomic E-state index is 0.0229. The predicted octanol–water partition coefficient (Wildman–Crippen LogP) is 2.22. The number of hydrogen-bond donors (Lipinski definition) is 1. The van der Waals surface area contributed by atoms with Crippen LogP contribution in [0.4, 0.5) is 0 Å². The van der Waals surface area contributed by atoms with E-state index in [1.807, 2.05) is 0 Å². The Balaban J connectivity index is 1.48. The van der Waals surface area contributed by atoms with Crippen LogP contribution in [0.3, 0.4) is 0 Å². The van der Waals surface area contributed by atoms with Gasteiger partial charge in [-0.05, 0) is 31.4 Å². The topological polar surface area (TPSA) is 101 Å². The van der Waals surface area contributed by atoms with E-state index in [1.165, 1.54) is 0 Å². The molecule has 1 atom stereocenters. The summed E-state index contributed by atoms with van der Waals surface area (Å²) < 4.78 is 5.25. The first-order valence-corrected chi connectivity index (χ1v) is 9.96. The van der Waals surface area contributed by atoms with Crippen molar-refractivity contribution in [1.82, 2.24) is 25.3 Å². The van der Waals surface area contributed by atoms with Gasteiger partial charge in [-0.3, -0.25) is 14.6 Å². The molecule has 1 fully saturated rings. The van der Waals surface area contributed by atoms with Gasteiger partial charge in [0.25, 0.3) is 0 Å². The summed E-state index contributed by atoms with van der Waals surface area (Å²) in [4.78, 5) is 34.9. The van der Waals surface area contributed by atoms with Crippen molar-refractivity contribution < 1.29 is 14.1 Å². The zero-order valence-corrected chi connectivity index (χ0v) is 16.3. The number of pyridine rings is 1. The van der Waals surface area contributed by atoms with Crippen LogP contribution in [0.2, 0.25) is 0 Å². The van der Waals surface area contributed by atoms with Crippen LogP contribution in [-0.4, -0.2) is 51.5 Å². The lowest BCUT2D eigenvalue weighted by Crippen LogP contribution is -2.45. The molecular weight excluding hydrogens is 358 g/mol. The fourth-order valence-electron chi connectivity index (χ4n) is 3.30. The molecule has 0 saturated carbocycles. The molecule has 0 radical (unpaired) electrons. The number of carbonyl (C=O) groups excluding carboxylic acids is 2. The Labute approximate surface area is 164 Å². The minimum Gasteiger partial charge on any atom is -0.356 e. The lowest BCUT2D eigenvalue weighted by atomic mass is 9.96. The van der Waals surface area contributed by atoms with Crippen LogP contribution in [0.15, 0.2) is 29.0 Å². The Morgan fingerprint density at radius 1 is 1.32 bits per heavy atom. The van der Waals surface area contributed by atoms with Crippen LogP contribution < -0.4 is 5.32 Å². The molecule has 3 heterocycles. The second-order valence-corrected chi connectivity index (χ2v) is 7.07. The van der Waals surface area contributed by atoms with Crippen LogP contribution >= 0.6 is 0 Å². The maximum absolute atomic E-state index is 12.6. The summed E-state index contributed by atoms with van der Waals surface area (Å²) in [6, 6.07) is 3.61. The van der Waals surface area contributed by atoms with Crippen molar-refractivity contribution in [3.8, 4) is 11.4 Å². The van der Waals surface area contributed by atoms with Gasteiger partial charge in [-0.15, -0.1) is 0 Å². The maximum atomic E-state index is 12.6. The molecule has 3 rings (SSSR count). The second kappa shape index (κ2) is 9.96. The highest BCUT2D eigenvalue weighted by Gasteiger charge is 2.28. The summed E-state index contributed by atoms with van der Waals surface area (Å²) in [7, 11) is 0. The average molecular weight is 385 g/mol. The number of carbonyl (C=O) groups is 2. The molecule has 2 aromatic heterocycles. The molecule has 0 aliphatic carbocycles. The predicted molar refractivity (Wildman–Crippen MR) is 103 cm³/mol. The van der Waals surface area contributed by atoms with Crippen LogP contribution in [0.5, 0.6) is 0 Å². The molecular formula is C20H27N5O3. The summed E-state index contributed by atoms with van der Waals surface area (Å²) >= 11 is 0. The van der Waals surface area contributed by atoms with Crippen molar-refractivity contribution in [1.29, 1.82) is 0 Å². The molecule has 2 amide bonds. The number of aryl methyl sites for hydroxylation is 1. The van der Waals surface area contributed by atoms with Gasteiger partial charge in [0.15, 0.2) is 0 Å². The first kappa shape index (κ1) is 20.0. The number of unbranched alkanes of at least 4 members (excludes halogenated alkanes) is 1. The molecule has 8 nitrogen and oxygen atoms in total. The van der Waals surface area contributed by atoms with E-state index in [-0.39, 0.29) is 17.7 Å². The Kier molecular flexibility index (Phi) is 7.11. The van der Waals surface area contributed by atoms with Gasteiger partial charge in [-0.25, -0.2) is 0 Å². The van der Waals surface area contributed by atoms with E-state index >= 15 is 0 Å². The lowest BCUT2D eigenvalue weighted by molar-refractivity contribution is -0.135. The van der Waals surface area contributed by atoms with Crippen LogP contribution in [0, 0.1) is 5.92 Å². The van der Waals surface area contributed by atoms with Crippen molar-refractivity contribution in [2.24, 2.45) is 5.92 Å². The Hall–Kier alpha value is -2.77. The second-order valence-electron chi connectivity index (χ2n) is 7.07. The van der Waals surface area contributed by atoms with Gasteiger partial charge in [-0.1, -0.05) is 18.5 Å².